The highest BCUT2D eigenvalue weighted by molar-refractivity contribution is 9.10. The topological polar surface area (TPSA) is 49.8 Å². The van der Waals surface area contributed by atoms with Gasteiger partial charge in [-0.1, -0.05) is 28.1 Å². The zero-order valence-electron chi connectivity index (χ0n) is 13.3. The van der Waals surface area contributed by atoms with Crippen molar-refractivity contribution in [3.05, 3.63) is 70.1 Å². The lowest BCUT2D eigenvalue weighted by molar-refractivity contribution is 0.632. The minimum Gasteiger partial charge on any atom is -0.338 e. The first kappa shape index (κ1) is 16.4. The van der Waals surface area contributed by atoms with Crippen molar-refractivity contribution in [1.82, 2.24) is 9.97 Å². The number of halogens is 2. The van der Waals surface area contributed by atoms with Gasteiger partial charge in [-0.15, -0.1) is 0 Å². The lowest BCUT2D eigenvalue weighted by Crippen LogP contribution is -2.03. The molecule has 3 aromatic rings. The molecular formula is C18H16BrFN4. The highest BCUT2D eigenvalue weighted by Crippen LogP contribution is 2.24. The summed E-state index contributed by atoms with van der Waals surface area (Å²) >= 11 is 3.48. The largest absolute Gasteiger partial charge is 0.338 e. The van der Waals surface area contributed by atoms with Crippen LogP contribution < -0.4 is 10.6 Å². The van der Waals surface area contributed by atoms with Crippen molar-refractivity contribution in [2.24, 2.45) is 0 Å². The molecule has 1 heterocycles. The normalized spacial score (nSPS) is 10.5. The monoisotopic (exact) mass is 386 g/mol. The van der Waals surface area contributed by atoms with E-state index in [1.54, 1.807) is 24.3 Å². The van der Waals surface area contributed by atoms with Gasteiger partial charge < -0.3 is 10.6 Å². The second-order valence-electron chi connectivity index (χ2n) is 5.41. The summed E-state index contributed by atoms with van der Waals surface area (Å²) in [5.74, 6) is 0.659. The molecule has 0 aliphatic rings. The molecule has 0 bridgehead atoms. The van der Waals surface area contributed by atoms with Crippen molar-refractivity contribution >= 4 is 39.1 Å². The summed E-state index contributed by atoms with van der Waals surface area (Å²) in [5, 5.41) is 6.16. The van der Waals surface area contributed by atoms with Crippen molar-refractivity contribution in [2.75, 3.05) is 10.6 Å². The summed E-state index contributed by atoms with van der Waals surface area (Å²) in [6.07, 6.45) is 0. The quantitative estimate of drug-likeness (QED) is 0.622. The van der Waals surface area contributed by atoms with Crippen LogP contribution >= 0.6 is 15.9 Å². The Labute approximate surface area is 148 Å². The van der Waals surface area contributed by atoms with Gasteiger partial charge in [-0.05, 0) is 49.7 Å². The molecule has 0 fully saturated rings. The fourth-order valence-electron chi connectivity index (χ4n) is 2.24. The molecule has 122 valence electrons. The van der Waals surface area contributed by atoms with Gasteiger partial charge in [-0.3, -0.25) is 0 Å². The number of nitrogens with one attached hydrogen (secondary N) is 2. The Hall–Kier alpha value is -2.47. The number of benzene rings is 2. The molecule has 6 heteroatoms. The molecule has 1 aromatic heterocycles. The molecule has 24 heavy (non-hydrogen) atoms. The average Bonchev–Trinajstić information content (AvgIpc) is 2.53. The molecule has 0 radical (unpaired) electrons. The summed E-state index contributed by atoms with van der Waals surface area (Å²) in [4.78, 5) is 8.78. The van der Waals surface area contributed by atoms with Gasteiger partial charge in [0.25, 0.3) is 0 Å². The molecule has 0 amide bonds. The Kier molecular flexibility index (Phi) is 4.76. The van der Waals surface area contributed by atoms with Crippen molar-refractivity contribution in [3.8, 4) is 0 Å². The first-order valence-corrected chi connectivity index (χ1v) is 8.21. The minimum absolute atomic E-state index is 0.327. The van der Waals surface area contributed by atoms with E-state index < -0.39 is 0 Å². The number of hydrogen-bond donors (Lipinski definition) is 2. The van der Waals surface area contributed by atoms with Crippen LogP contribution in [0.5, 0.6) is 0 Å². The second-order valence-corrected chi connectivity index (χ2v) is 6.27. The van der Waals surface area contributed by atoms with Gasteiger partial charge in [0.15, 0.2) is 0 Å². The fraction of sp³-hybridized carbons (Fsp3) is 0.111. The third-order valence-corrected chi connectivity index (χ3v) is 4.29. The summed E-state index contributed by atoms with van der Waals surface area (Å²) in [7, 11) is 0. The van der Waals surface area contributed by atoms with E-state index in [0.717, 1.165) is 21.4 Å². The van der Waals surface area contributed by atoms with Gasteiger partial charge in [0, 0.05) is 21.9 Å². The zero-order chi connectivity index (χ0) is 17.1. The van der Waals surface area contributed by atoms with Crippen molar-refractivity contribution in [1.29, 1.82) is 0 Å². The van der Waals surface area contributed by atoms with E-state index in [1.807, 2.05) is 32.0 Å². The Bertz CT molecular complexity index is 883. The Balaban J connectivity index is 1.86. The van der Waals surface area contributed by atoms with Gasteiger partial charge in [0.1, 0.15) is 11.6 Å². The van der Waals surface area contributed by atoms with Gasteiger partial charge in [0.2, 0.25) is 5.95 Å². The standard InChI is InChI=1S/C18H16BrFN4/c1-11-9-13(7-8-14(11)19)22-18-21-12(2)10-17(24-18)23-16-6-4-3-5-15(16)20/h3-10H,1-2H3,(H2,21,22,23,24). The molecule has 4 nitrogen and oxygen atoms in total. The number of nitrogens with zero attached hydrogens (tertiary/aromatic N) is 2. The predicted molar refractivity (Wildman–Crippen MR) is 98.6 cm³/mol. The van der Waals surface area contributed by atoms with Crippen LogP contribution in [0.15, 0.2) is 53.0 Å². The zero-order valence-corrected chi connectivity index (χ0v) is 14.9. The SMILES string of the molecule is Cc1cc(Nc2ccccc2F)nc(Nc2ccc(Br)c(C)c2)n1. The molecule has 0 aliphatic heterocycles. The lowest BCUT2D eigenvalue weighted by atomic mass is 10.2. The minimum atomic E-state index is -0.327. The highest BCUT2D eigenvalue weighted by Gasteiger charge is 2.06. The molecule has 2 N–H and O–H groups in total. The maximum Gasteiger partial charge on any atom is 0.229 e. The number of anilines is 4. The summed E-state index contributed by atoms with van der Waals surface area (Å²) in [5.41, 5.74) is 3.15. The van der Waals surface area contributed by atoms with E-state index in [-0.39, 0.29) is 5.82 Å². The van der Waals surface area contributed by atoms with E-state index in [1.165, 1.54) is 6.07 Å². The third kappa shape index (κ3) is 3.89. The molecule has 0 unspecified atom stereocenters. The third-order valence-electron chi connectivity index (χ3n) is 3.40. The van der Waals surface area contributed by atoms with Crippen LogP contribution in [0.3, 0.4) is 0 Å². The molecule has 0 atom stereocenters. The number of aryl methyl sites for hydroxylation is 2. The number of hydrogen-bond acceptors (Lipinski definition) is 4. The molecular weight excluding hydrogens is 371 g/mol. The Morgan fingerprint density at radius 1 is 0.958 bits per heavy atom. The fourth-order valence-corrected chi connectivity index (χ4v) is 2.49. The van der Waals surface area contributed by atoms with E-state index in [4.69, 9.17) is 0 Å². The van der Waals surface area contributed by atoms with Crippen LogP contribution in [0.25, 0.3) is 0 Å². The van der Waals surface area contributed by atoms with E-state index in [9.17, 15) is 4.39 Å². The van der Waals surface area contributed by atoms with Crippen molar-refractivity contribution in [3.63, 3.8) is 0 Å². The van der Waals surface area contributed by atoms with Crippen LogP contribution in [-0.4, -0.2) is 9.97 Å². The smallest absolute Gasteiger partial charge is 0.229 e. The lowest BCUT2D eigenvalue weighted by Gasteiger charge is -2.11. The van der Waals surface area contributed by atoms with Gasteiger partial charge in [-0.2, -0.15) is 4.98 Å². The highest BCUT2D eigenvalue weighted by atomic mass is 79.9. The average molecular weight is 387 g/mol. The summed E-state index contributed by atoms with van der Waals surface area (Å²) < 4.78 is 14.8. The number of aromatic nitrogens is 2. The maximum atomic E-state index is 13.8. The number of para-hydroxylation sites is 1. The first-order chi connectivity index (χ1) is 11.5. The molecule has 0 spiro atoms. The van der Waals surface area contributed by atoms with E-state index >= 15 is 0 Å². The van der Waals surface area contributed by atoms with E-state index in [2.05, 4.69) is 36.5 Å². The van der Waals surface area contributed by atoms with Crippen molar-refractivity contribution < 1.29 is 4.39 Å². The van der Waals surface area contributed by atoms with Crippen LogP contribution in [-0.2, 0) is 0 Å². The molecule has 3 rings (SSSR count). The summed E-state index contributed by atoms with van der Waals surface area (Å²) in [6, 6.07) is 14.2. The number of rotatable bonds is 4. The molecule has 0 saturated heterocycles. The first-order valence-electron chi connectivity index (χ1n) is 7.42. The molecule has 0 saturated carbocycles. The van der Waals surface area contributed by atoms with Gasteiger partial charge in [0.05, 0.1) is 5.69 Å². The molecule has 0 aliphatic carbocycles. The van der Waals surface area contributed by atoms with Crippen LogP contribution in [0.4, 0.5) is 27.5 Å². The van der Waals surface area contributed by atoms with E-state index in [0.29, 0.717) is 17.5 Å². The Morgan fingerprint density at radius 2 is 1.75 bits per heavy atom. The van der Waals surface area contributed by atoms with Crippen LogP contribution in [0, 0.1) is 19.7 Å². The second kappa shape index (κ2) is 6.97. The maximum absolute atomic E-state index is 13.8. The van der Waals surface area contributed by atoms with Crippen molar-refractivity contribution in [2.45, 2.75) is 13.8 Å². The molecule has 2 aromatic carbocycles. The predicted octanol–water partition coefficient (Wildman–Crippen LogP) is 5.48. The van der Waals surface area contributed by atoms with Gasteiger partial charge in [-0.25, -0.2) is 9.37 Å². The van der Waals surface area contributed by atoms with Crippen LogP contribution in [0.1, 0.15) is 11.3 Å². The Morgan fingerprint density at radius 3 is 2.50 bits per heavy atom. The van der Waals surface area contributed by atoms with Crippen LogP contribution in [0.2, 0.25) is 0 Å². The summed E-state index contributed by atoms with van der Waals surface area (Å²) in [6.45, 7) is 3.88. The van der Waals surface area contributed by atoms with Gasteiger partial charge >= 0.3 is 0 Å².